The third kappa shape index (κ3) is 2.73. The Labute approximate surface area is 144 Å². The first-order chi connectivity index (χ1) is 12.1. The highest BCUT2D eigenvalue weighted by Crippen LogP contribution is 2.30. The van der Waals surface area contributed by atoms with Crippen molar-refractivity contribution in [3.63, 3.8) is 0 Å². The van der Waals surface area contributed by atoms with Gasteiger partial charge in [0, 0.05) is 19.4 Å². The first kappa shape index (κ1) is 15.3. The minimum atomic E-state index is -0.159. The zero-order valence-electron chi connectivity index (χ0n) is 14.3. The van der Waals surface area contributed by atoms with E-state index in [4.69, 9.17) is 4.52 Å². The molecular weight excluding hydrogens is 316 g/mol. The lowest BCUT2D eigenvalue weighted by Crippen LogP contribution is -2.18. The maximum Gasteiger partial charge on any atom is 0.263 e. The van der Waals surface area contributed by atoms with E-state index in [-0.39, 0.29) is 6.04 Å². The van der Waals surface area contributed by atoms with Gasteiger partial charge in [-0.15, -0.1) is 0 Å². The fourth-order valence-electron chi connectivity index (χ4n) is 2.94. The second kappa shape index (κ2) is 6.01. The van der Waals surface area contributed by atoms with Crippen LogP contribution in [0.5, 0.6) is 0 Å². The van der Waals surface area contributed by atoms with Crippen molar-refractivity contribution < 1.29 is 4.52 Å². The Morgan fingerprint density at radius 2 is 1.92 bits per heavy atom. The minimum Gasteiger partial charge on any atom is -0.355 e. The monoisotopic (exact) mass is 334 g/mol. The van der Waals surface area contributed by atoms with Gasteiger partial charge in [0.1, 0.15) is 28.9 Å². The Hall–Kier alpha value is -3.22. The Bertz CT molecular complexity index is 1020. The van der Waals surface area contributed by atoms with Crippen molar-refractivity contribution in [3.8, 4) is 0 Å². The van der Waals surface area contributed by atoms with E-state index in [1.54, 1.807) is 6.20 Å². The number of aromatic nitrogens is 5. The molecule has 0 bridgehead atoms. The van der Waals surface area contributed by atoms with Crippen LogP contribution < -0.4 is 5.32 Å². The van der Waals surface area contributed by atoms with E-state index in [0.29, 0.717) is 17.4 Å². The molecule has 1 aromatic carbocycles. The van der Waals surface area contributed by atoms with E-state index in [2.05, 4.69) is 37.6 Å². The Morgan fingerprint density at radius 1 is 1.12 bits per heavy atom. The first-order valence-corrected chi connectivity index (χ1v) is 8.03. The Morgan fingerprint density at radius 3 is 2.64 bits per heavy atom. The number of aryl methyl sites for hydroxylation is 3. The summed E-state index contributed by atoms with van der Waals surface area (Å²) in [6.07, 6.45) is 3.72. The van der Waals surface area contributed by atoms with Crippen molar-refractivity contribution in [1.82, 2.24) is 24.7 Å². The Kier molecular flexibility index (Phi) is 3.68. The van der Waals surface area contributed by atoms with E-state index in [1.807, 2.05) is 49.9 Å². The number of benzene rings is 1. The van der Waals surface area contributed by atoms with Crippen LogP contribution in [0.2, 0.25) is 0 Å². The summed E-state index contributed by atoms with van der Waals surface area (Å²) in [4.78, 5) is 13.4. The van der Waals surface area contributed by atoms with Crippen LogP contribution in [0, 0.1) is 13.8 Å². The number of rotatable bonds is 4. The maximum atomic E-state index is 5.31. The quantitative estimate of drug-likeness (QED) is 0.617. The number of hydrogen-bond donors (Lipinski definition) is 1. The summed E-state index contributed by atoms with van der Waals surface area (Å²) in [5.74, 6) is 2.21. The molecule has 4 aromatic rings. The average Bonchev–Trinajstić information content (AvgIpc) is 3.19. The van der Waals surface area contributed by atoms with Crippen molar-refractivity contribution in [2.24, 2.45) is 7.05 Å². The molecule has 0 saturated heterocycles. The van der Waals surface area contributed by atoms with Gasteiger partial charge in [0.25, 0.3) is 5.71 Å². The molecule has 0 aliphatic carbocycles. The van der Waals surface area contributed by atoms with Crippen molar-refractivity contribution in [2.75, 3.05) is 5.32 Å². The molecule has 7 heteroatoms. The minimum absolute atomic E-state index is 0.159. The molecule has 3 aromatic heterocycles. The van der Waals surface area contributed by atoms with Gasteiger partial charge in [0.05, 0.1) is 5.69 Å². The number of fused-ring (bicyclic) bond motifs is 1. The molecule has 0 radical (unpaired) electrons. The van der Waals surface area contributed by atoms with E-state index in [0.717, 1.165) is 22.5 Å². The van der Waals surface area contributed by atoms with E-state index in [1.165, 1.54) is 0 Å². The van der Waals surface area contributed by atoms with Crippen LogP contribution in [-0.4, -0.2) is 24.7 Å². The van der Waals surface area contributed by atoms with E-state index >= 15 is 0 Å². The van der Waals surface area contributed by atoms with Crippen LogP contribution >= 0.6 is 0 Å². The molecule has 126 valence electrons. The van der Waals surface area contributed by atoms with Gasteiger partial charge in [-0.05, 0) is 19.4 Å². The van der Waals surface area contributed by atoms with Crippen LogP contribution in [0.4, 0.5) is 5.82 Å². The van der Waals surface area contributed by atoms with Gasteiger partial charge in [-0.1, -0.05) is 35.5 Å². The highest BCUT2D eigenvalue weighted by atomic mass is 16.5. The fourth-order valence-corrected chi connectivity index (χ4v) is 2.94. The molecule has 0 aliphatic heterocycles. The van der Waals surface area contributed by atoms with Crippen LogP contribution in [0.1, 0.15) is 28.9 Å². The van der Waals surface area contributed by atoms with Crippen molar-refractivity contribution in [3.05, 3.63) is 65.6 Å². The lowest BCUT2D eigenvalue weighted by molar-refractivity contribution is 0.442. The highest BCUT2D eigenvalue weighted by molar-refractivity contribution is 5.87. The van der Waals surface area contributed by atoms with Crippen molar-refractivity contribution in [1.29, 1.82) is 0 Å². The molecule has 4 rings (SSSR count). The van der Waals surface area contributed by atoms with Crippen LogP contribution in [0.15, 0.2) is 47.2 Å². The number of nitrogens with one attached hydrogen (secondary N) is 1. The lowest BCUT2D eigenvalue weighted by atomic mass is 10.1. The van der Waals surface area contributed by atoms with E-state index < -0.39 is 0 Å². The molecule has 0 fully saturated rings. The molecule has 1 N–H and O–H groups in total. The van der Waals surface area contributed by atoms with Crippen LogP contribution in [0.3, 0.4) is 0 Å². The molecule has 0 aliphatic rings. The molecule has 25 heavy (non-hydrogen) atoms. The van der Waals surface area contributed by atoms with Crippen molar-refractivity contribution in [2.45, 2.75) is 19.9 Å². The van der Waals surface area contributed by atoms with Crippen LogP contribution in [0.25, 0.3) is 11.1 Å². The van der Waals surface area contributed by atoms with Crippen LogP contribution in [-0.2, 0) is 7.05 Å². The standard InChI is InChI=1S/C18H18N6O/c1-11-14-16(20-12(2)21-18(14)25-23-11)22-15(13-7-5-4-6-8-13)17-19-9-10-24(17)3/h4-10,15H,1-3H3,(H,20,21,22). The molecule has 0 amide bonds. The summed E-state index contributed by atoms with van der Waals surface area (Å²) < 4.78 is 7.31. The summed E-state index contributed by atoms with van der Waals surface area (Å²) in [5.41, 5.74) is 2.33. The molecule has 0 spiro atoms. The molecule has 0 saturated carbocycles. The summed E-state index contributed by atoms with van der Waals surface area (Å²) in [5, 5.41) is 8.33. The lowest BCUT2D eigenvalue weighted by Gasteiger charge is -2.20. The van der Waals surface area contributed by atoms with Gasteiger partial charge >= 0.3 is 0 Å². The molecule has 7 nitrogen and oxygen atoms in total. The number of nitrogens with zero attached hydrogens (tertiary/aromatic N) is 5. The molecule has 1 atom stereocenters. The number of anilines is 1. The predicted molar refractivity (Wildman–Crippen MR) is 94.2 cm³/mol. The molecular formula is C18H18N6O. The summed E-state index contributed by atoms with van der Waals surface area (Å²) >= 11 is 0. The molecule has 1 unspecified atom stereocenters. The van der Waals surface area contributed by atoms with Gasteiger partial charge in [-0.2, -0.15) is 4.98 Å². The smallest absolute Gasteiger partial charge is 0.263 e. The summed E-state index contributed by atoms with van der Waals surface area (Å²) in [6.45, 7) is 3.72. The summed E-state index contributed by atoms with van der Waals surface area (Å²) in [7, 11) is 1.98. The third-order valence-electron chi connectivity index (χ3n) is 4.15. The van der Waals surface area contributed by atoms with E-state index in [9.17, 15) is 0 Å². The topological polar surface area (TPSA) is 81.7 Å². The Balaban J connectivity index is 1.85. The number of imidazole rings is 1. The predicted octanol–water partition coefficient (Wildman–Crippen LogP) is 3.17. The van der Waals surface area contributed by atoms with Gasteiger partial charge < -0.3 is 14.4 Å². The zero-order chi connectivity index (χ0) is 17.4. The van der Waals surface area contributed by atoms with Gasteiger partial charge in [-0.3, -0.25) is 0 Å². The van der Waals surface area contributed by atoms with Gasteiger partial charge in [0.2, 0.25) is 0 Å². The van der Waals surface area contributed by atoms with Gasteiger partial charge in [0.15, 0.2) is 0 Å². The normalized spacial score (nSPS) is 12.4. The summed E-state index contributed by atoms with van der Waals surface area (Å²) in [6, 6.07) is 10.00. The SMILES string of the molecule is Cc1nc(NC(c2ccccc2)c2nccn2C)c2c(C)noc2n1. The third-order valence-corrected chi connectivity index (χ3v) is 4.15. The highest BCUT2D eigenvalue weighted by Gasteiger charge is 2.22. The van der Waals surface area contributed by atoms with Crippen molar-refractivity contribution >= 4 is 16.9 Å². The first-order valence-electron chi connectivity index (χ1n) is 8.03. The molecule has 3 heterocycles. The largest absolute Gasteiger partial charge is 0.355 e. The zero-order valence-corrected chi connectivity index (χ0v) is 14.3. The number of hydrogen-bond acceptors (Lipinski definition) is 6. The average molecular weight is 334 g/mol. The second-order valence-corrected chi connectivity index (χ2v) is 5.95. The fraction of sp³-hybridized carbons (Fsp3) is 0.222. The maximum absolute atomic E-state index is 5.31. The van der Waals surface area contributed by atoms with Gasteiger partial charge in [-0.25, -0.2) is 9.97 Å². The second-order valence-electron chi connectivity index (χ2n) is 5.95.